The standard InChI is InChI=1S/C9H13N3O2/c1-2-14-9(13)3-8(10)7-4-11-6-12-5-7/h4-6,8H,2-3,10H2,1H3/t8-/m0/s1. The largest absolute Gasteiger partial charge is 0.466 e. The SMILES string of the molecule is CCOC(=O)C[C@H](N)c1cncnc1. The van der Waals surface area contributed by atoms with Crippen LogP contribution in [0.25, 0.3) is 0 Å². The Bertz CT molecular complexity index is 289. The predicted octanol–water partition coefficient (Wildman–Crippen LogP) is 0.430. The van der Waals surface area contributed by atoms with E-state index in [2.05, 4.69) is 9.97 Å². The molecular formula is C9H13N3O2. The topological polar surface area (TPSA) is 78.1 Å². The molecular weight excluding hydrogens is 182 g/mol. The fraction of sp³-hybridized carbons (Fsp3) is 0.444. The molecule has 1 heterocycles. The van der Waals surface area contributed by atoms with E-state index < -0.39 is 6.04 Å². The maximum Gasteiger partial charge on any atom is 0.307 e. The third-order valence-corrected chi connectivity index (χ3v) is 1.70. The second kappa shape index (κ2) is 5.29. The number of carbonyl (C=O) groups excluding carboxylic acids is 1. The molecule has 0 aliphatic heterocycles. The van der Waals surface area contributed by atoms with E-state index in [9.17, 15) is 4.79 Å². The molecule has 0 radical (unpaired) electrons. The van der Waals surface area contributed by atoms with E-state index >= 15 is 0 Å². The first kappa shape index (κ1) is 10.6. The molecule has 1 rings (SSSR count). The number of ether oxygens (including phenoxy) is 1. The minimum atomic E-state index is -0.393. The third-order valence-electron chi connectivity index (χ3n) is 1.70. The summed E-state index contributed by atoms with van der Waals surface area (Å²) in [6, 6.07) is -0.393. The van der Waals surface area contributed by atoms with Gasteiger partial charge in [-0.15, -0.1) is 0 Å². The van der Waals surface area contributed by atoms with Crippen molar-refractivity contribution >= 4 is 5.97 Å². The Hall–Kier alpha value is -1.49. The van der Waals surface area contributed by atoms with Gasteiger partial charge in [0.05, 0.1) is 13.0 Å². The molecule has 2 N–H and O–H groups in total. The lowest BCUT2D eigenvalue weighted by Crippen LogP contribution is -2.17. The smallest absolute Gasteiger partial charge is 0.307 e. The monoisotopic (exact) mass is 195 g/mol. The fourth-order valence-corrected chi connectivity index (χ4v) is 1.02. The summed E-state index contributed by atoms with van der Waals surface area (Å²) >= 11 is 0. The summed E-state index contributed by atoms with van der Waals surface area (Å²) in [4.78, 5) is 18.7. The molecule has 0 aromatic carbocycles. The molecule has 1 aromatic rings. The molecule has 0 saturated heterocycles. The van der Waals surface area contributed by atoms with Crippen LogP contribution in [0.5, 0.6) is 0 Å². The first-order chi connectivity index (χ1) is 6.74. The highest BCUT2D eigenvalue weighted by molar-refractivity contribution is 5.70. The first-order valence-corrected chi connectivity index (χ1v) is 4.40. The van der Waals surface area contributed by atoms with Crippen molar-refractivity contribution in [3.05, 3.63) is 24.3 Å². The lowest BCUT2D eigenvalue weighted by atomic mass is 10.1. The Morgan fingerprint density at radius 1 is 1.57 bits per heavy atom. The Morgan fingerprint density at radius 3 is 2.79 bits per heavy atom. The highest BCUT2D eigenvalue weighted by Gasteiger charge is 2.12. The van der Waals surface area contributed by atoms with Gasteiger partial charge in [-0.05, 0) is 6.92 Å². The van der Waals surface area contributed by atoms with Gasteiger partial charge in [-0.3, -0.25) is 4.79 Å². The van der Waals surface area contributed by atoms with Gasteiger partial charge < -0.3 is 10.5 Å². The van der Waals surface area contributed by atoms with Gasteiger partial charge in [0.1, 0.15) is 6.33 Å². The average Bonchev–Trinajstić information content (AvgIpc) is 2.19. The van der Waals surface area contributed by atoms with Crippen LogP contribution in [0.1, 0.15) is 24.9 Å². The van der Waals surface area contributed by atoms with Crippen molar-refractivity contribution in [3.63, 3.8) is 0 Å². The van der Waals surface area contributed by atoms with Crippen molar-refractivity contribution in [2.24, 2.45) is 5.73 Å². The van der Waals surface area contributed by atoms with Crippen LogP contribution in [-0.4, -0.2) is 22.5 Å². The molecule has 0 bridgehead atoms. The number of aromatic nitrogens is 2. The number of hydrogen-bond donors (Lipinski definition) is 1. The van der Waals surface area contributed by atoms with Crippen LogP contribution in [0.2, 0.25) is 0 Å². The van der Waals surface area contributed by atoms with Crippen molar-refractivity contribution in [3.8, 4) is 0 Å². The third kappa shape index (κ3) is 3.10. The molecule has 0 spiro atoms. The van der Waals surface area contributed by atoms with Crippen molar-refractivity contribution in [1.82, 2.24) is 9.97 Å². The lowest BCUT2D eigenvalue weighted by Gasteiger charge is -2.09. The average molecular weight is 195 g/mol. The van der Waals surface area contributed by atoms with E-state index in [1.165, 1.54) is 6.33 Å². The maximum absolute atomic E-state index is 11.1. The summed E-state index contributed by atoms with van der Waals surface area (Å²) < 4.78 is 4.77. The number of carbonyl (C=O) groups is 1. The highest BCUT2D eigenvalue weighted by Crippen LogP contribution is 2.11. The van der Waals surface area contributed by atoms with Gasteiger partial charge >= 0.3 is 5.97 Å². The van der Waals surface area contributed by atoms with Crippen molar-refractivity contribution < 1.29 is 9.53 Å². The van der Waals surface area contributed by atoms with Gasteiger partial charge in [0.25, 0.3) is 0 Å². The zero-order valence-corrected chi connectivity index (χ0v) is 8.01. The van der Waals surface area contributed by atoms with Gasteiger partial charge in [-0.1, -0.05) is 0 Å². The summed E-state index contributed by atoms with van der Waals surface area (Å²) in [6.45, 7) is 2.13. The van der Waals surface area contributed by atoms with Crippen LogP contribution in [0.15, 0.2) is 18.7 Å². The van der Waals surface area contributed by atoms with E-state index in [4.69, 9.17) is 10.5 Å². The van der Waals surface area contributed by atoms with Crippen LogP contribution in [-0.2, 0) is 9.53 Å². The molecule has 0 fully saturated rings. The van der Waals surface area contributed by atoms with Crippen LogP contribution in [0, 0.1) is 0 Å². The number of esters is 1. The van der Waals surface area contributed by atoms with Gasteiger partial charge in [0.2, 0.25) is 0 Å². The Morgan fingerprint density at radius 2 is 2.21 bits per heavy atom. The van der Waals surface area contributed by atoms with Gasteiger partial charge in [0.15, 0.2) is 0 Å². The molecule has 1 atom stereocenters. The zero-order chi connectivity index (χ0) is 10.4. The van der Waals surface area contributed by atoms with Crippen molar-refractivity contribution in [2.45, 2.75) is 19.4 Å². The quantitative estimate of drug-likeness (QED) is 0.705. The molecule has 76 valence electrons. The van der Waals surface area contributed by atoms with Gasteiger partial charge in [-0.2, -0.15) is 0 Å². The maximum atomic E-state index is 11.1. The Labute approximate surface area is 82.3 Å². The first-order valence-electron chi connectivity index (χ1n) is 4.40. The normalized spacial score (nSPS) is 12.1. The zero-order valence-electron chi connectivity index (χ0n) is 8.01. The van der Waals surface area contributed by atoms with Gasteiger partial charge in [-0.25, -0.2) is 9.97 Å². The van der Waals surface area contributed by atoms with E-state index in [1.807, 2.05) is 0 Å². The van der Waals surface area contributed by atoms with E-state index in [-0.39, 0.29) is 12.4 Å². The molecule has 0 unspecified atom stereocenters. The van der Waals surface area contributed by atoms with Crippen molar-refractivity contribution in [1.29, 1.82) is 0 Å². The van der Waals surface area contributed by atoms with Crippen LogP contribution in [0.3, 0.4) is 0 Å². The molecule has 0 amide bonds. The van der Waals surface area contributed by atoms with E-state index in [0.717, 1.165) is 5.56 Å². The number of rotatable bonds is 4. The number of nitrogens with two attached hydrogens (primary N) is 1. The highest BCUT2D eigenvalue weighted by atomic mass is 16.5. The molecule has 0 saturated carbocycles. The summed E-state index contributed by atoms with van der Waals surface area (Å²) in [5.41, 5.74) is 6.48. The summed E-state index contributed by atoms with van der Waals surface area (Å²) in [5, 5.41) is 0. The Balaban J connectivity index is 2.50. The molecule has 0 aliphatic carbocycles. The minimum absolute atomic E-state index is 0.154. The van der Waals surface area contributed by atoms with Crippen LogP contribution < -0.4 is 5.73 Å². The fourth-order valence-electron chi connectivity index (χ4n) is 1.02. The van der Waals surface area contributed by atoms with E-state index in [1.54, 1.807) is 19.3 Å². The predicted molar refractivity (Wildman–Crippen MR) is 50.2 cm³/mol. The Kier molecular flexibility index (Phi) is 4.00. The number of nitrogens with zero attached hydrogens (tertiary/aromatic N) is 2. The van der Waals surface area contributed by atoms with Crippen LogP contribution in [0.4, 0.5) is 0 Å². The van der Waals surface area contributed by atoms with Gasteiger partial charge in [0, 0.05) is 24.0 Å². The second-order valence-electron chi connectivity index (χ2n) is 2.79. The molecule has 5 nitrogen and oxygen atoms in total. The second-order valence-corrected chi connectivity index (χ2v) is 2.79. The van der Waals surface area contributed by atoms with Crippen molar-refractivity contribution in [2.75, 3.05) is 6.61 Å². The lowest BCUT2D eigenvalue weighted by molar-refractivity contribution is -0.143. The minimum Gasteiger partial charge on any atom is -0.466 e. The van der Waals surface area contributed by atoms with Crippen LogP contribution >= 0.6 is 0 Å². The molecule has 5 heteroatoms. The summed E-state index contributed by atoms with van der Waals surface area (Å²) in [6.07, 6.45) is 4.76. The molecule has 1 aromatic heterocycles. The number of hydrogen-bond acceptors (Lipinski definition) is 5. The molecule has 14 heavy (non-hydrogen) atoms. The molecule has 0 aliphatic rings. The van der Waals surface area contributed by atoms with E-state index in [0.29, 0.717) is 6.61 Å². The summed E-state index contributed by atoms with van der Waals surface area (Å²) in [7, 11) is 0. The summed E-state index contributed by atoms with van der Waals surface area (Å²) in [5.74, 6) is -0.302.